The average Bonchev–Trinajstić information content (AvgIpc) is 2.49. The fourth-order valence-corrected chi connectivity index (χ4v) is 3.72. The van der Waals surface area contributed by atoms with Crippen molar-refractivity contribution in [2.45, 2.75) is 37.4 Å². The van der Waals surface area contributed by atoms with Crippen LogP contribution < -0.4 is 5.32 Å². The molecule has 146 valence electrons. The Morgan fingerprint density at radius 2 is 1.77 bits per heavy atom. The number of halogens is 3. The molecule has 2 N–H and O–H groups in total. The molecule has 0 heterocycles. The summed E-state index contributed by atoms with van der Waals surface area (Å²) < 4.78 is 63.2. The van der Waals surface area contributed by atoms with Gasteiger partial charge in [0.1, 0.15) is 6.04 Å². The van der Waals surface area contributed by atoms with Crippen molar-refractivity contribution >= 4 is 21.9 Å². The summed E-state index contributed by atoms with van der Waals surface area (Å²) in [5.74, 6) is -1.81. The lowest BCUT2D eigenvalue weighted by Gasteiger charge is -2.26. The van der Waals surface area contributed by atoms with Gasteiger partial charge in [-0.3, -0.25) is 9.59 Å². The Hall–Kier alpha value is -2.14. The molecule has 0 spiro atoms. The summed E-state index contributed by atoms with van der Waals surface area (Å²) in [6, 6.07) is 2.62. The highest BCUT2D eigenvalue weighted by molar-refractivity contribution is 7.89. The van der Waals surface area contributed by atoms with Gasteiger partial charge in [0.25, 0.3) is 0 Å². The molecular formula is C15H19F3N2O5S. The van der Waals surface area contributed by atoms with Crippen LogP contribution in [0.25, 0.3) is 0 Å². The fraction of sp³-hybridized carbons (Fsp3) is 0.467. The van der Waals surface area contributed by atoms with Gasteiger partial charge in [-0.1, -0.05) is 12.1 Å². The van der Waals surface area contributed by atoms with Crippen molar-refractivity contribution in [1.82, 2.24) is 9.62 Å². The summed E-state index contributed by atoms with van der Waals surface area (Å²) >= 11 is 0. The predicted molar refractivity (Wildman–Crippen MR) is 85.9 cm³/mol. The minimum absolute atomic E-state index is 0.113. The van der Waals surface area contributed by atoms with Crippen LogP contribution in [0.4, 0.5) is 13.2 Å². The molecule has 0 aliphatic carbocycles. The molecule has 1 amide bonds. The van der Waals surface area contributed by atoms with Gasteiger partial charge < -0.3 is 10.4 Å². The summed E-state index contributed by atoms with van der Waals surface area (Å²) in [7, 11) is -4.28. The van der Waals surface area contributed by atoms with E-state index in [0.29, 0.717) is 4.31 Å². The van der Waals surface area contributed by atoms with E-state index >= 15 is 0 Å². The van der Waals surface area contributed by atoms with Gasteiger partial charge in [0.05, 0.1) is 11.3 Å². The molecule has 0 saturated heterocycles. The van der Waals surface area contributed by atoms with E-state index in [9.17, 15) is 31.2 Å². The van der Waals surface area contributed by atoms with Gasteiger partial charge in [0.15, 0.2) is 0 Å². The van der Waals surface area contributed by atoms with Gasteiger partial charge >= 0.3 is 12.1 Å². The number of nitrogens with one attached hydrogen (secondary N) is 1. The summed E-state index contributed by atoms with van der Waals surface area (Å²) in [5.41, 5.74) is -0.118. The number of aliphatic carboxylic acids is 1. The molecule has 1 unspecified atom stereocenters. The van der Waals surface area contributed by atoms with Gasteiger partial charge in [-0.05, 0) is 24.6 Å². The minimum atomic E-state index is -4.43. The second-order valence-corrected chi connectivity index (χ2v) is 7.44. The van der Waals surface area contributed by atoms with E-state index in [1.165, 1.54) is 6.92 Å². The van der Waals surface area contributed by atoms with Crippen molar-refractivity contribution in [1.29, 1.82) is 0 Å². The van der Waals surface area contributed by atoms with Crippen LogP contribution in [-0.2, 0) is 26.0 Å². The number of rotatable bonds is 8. The SMILES string of the molecule is CC(=O)NCCN(C(C)C(=O)O)S(=O)(=O)c1ccc(CC(F)(F)F)cc1. The standard InChI is InChI=1S/C15H19F3N2O5S/c1-10(14(22)23)20(8-7-19-11(2)21)26(24,25)13-5-3-12(4-6-13)9-15(16,17)18/h3-6,10H,7-9H2,1-2H3,(H,19,21)(H,22,23). The summed E-state index contributed by atoms with van der Waals surface area (Å²) in [6.45, 7) is 1.96. The van der Waals surface area contributed by atoms with Crippen LogP contribution in [0.5, 0.6) is 0 Å². The first-order chi connectivity index (χ1) is 11.8. The highest BCUT2D eigenvalue weighted by Crippen LogP contribution is 2.24. The number of alkyl halides is 3. The molecular weight excluding hydrogens is 377 g/mol. The minimum Gasteiger partial charge on any atom is -0.480 e. The van der Waals surface area contributed by atoms with E-state index in [2.05, 4.69) is 5.32 Å². The second kappa shape index (κ2) is 8.49. The first kappa shape index (κ1) is 21.9. The van der Waals surface area contributed by atoms with Crippen LogP contribution in [0.15, 0.2) is 29.2 Å². The number of carboxylic acids is 1. The van der Waals surface area contributed by atoms with Crippen molar-refractivity contribution in [2.24, 2.45) is 0 Å². The molecule has 1 atom stereocenters. The Labute approximate surface area is 148 Å². The Morgan fingerprint density at radius 1 is 1.23 bits per heavy atom. The zero-order valence-electron chi connectivity index (χ0n) is 14.1. The predicted octanol–water partition coefficient (Wildman–Crippen LogP) is 1.39. The molecule has 0 aliphatic heterocycles. The lowest BCUT2D eigenvalue weighted by Crippen LogP contribution is -2.46. The lowest BCUT2D eigenvalue weighted by atomic mass is 10.1. The molecule has 0 aliphatic rings. The Balaban J connectivity index is 3.10. The van der Waals surface area contributed by atoms with Crippen LogP contribution >= 0.6 is 0 Å². The second-order valence-electron chi connectivity index (χ2n) is 5.55. The van der Waals surface area contributed by atoms with Gasteiger partial charge in [-0.2, -0.15) is 17.5 Å². The van der Waals surface area contributed by atoms with E-state index in [4.69, 9.17) is 5.11 Å². The maximum Gasteiger partial charge on any atom is 0.393 e. The Kier molecular flexibility index (Phi) is 7.16. The maximum atomic E-state index is 12.7. The van der Waals surface area contributed by atoms with E-state index in [-0.39, 0.29) is 23.5 Å². The van der Waals surface area contributed by atoms with Gasteiger partial charge in [0.2, 0.25) is 15.9 Å². The largest absolute Gasteiger partial charge is 0.480 e. The van der Waals surface area contributed by atoms with E-state index in [1.807, 2.05) is 0 Å². The molecule has 1 rings (SSSR count). The fourth-order valence-electron chi connectivity index (χ4n) is 2.13. The van der Waals surface area contributed by atoms with Crippen molar-refractivity contribution in [2.75, 3.05) is 13.1 Å². The molecule has 11 heteroatoms. The number of amides is 1. The normalized spacial score (nSPS) is 13.5. The quantitative estimate of drug-likeness (QED) is 0.691. The van der Waals surface area contributed by atoms with Gasteiger partial charge in [0, 0.05) is 20.0 Å². The summed E-state index contributed by atoms with van der Waals surface area (Å²) in [6.07, 6.45) is -5.63. The first-order valence-corrected chi connectivity index (χ1v) is 8.93. The third-order valence-electron chi connectivity index (χ3n) is 3.43. The topological polar surface area (TPSA) is 104 Å². The van der Waals surface area contributed by atoms with Crippen molar-refractivity contribution < 1.29 is 36.3 Å². The molecule has 0 saturated carbocycles. The molecule has 1 aromatic rings. The summed E-state index contributed by atoms with van der Waals surface area (Å²) in [5, 5.41) is 11.5. The number of hydrogen-bond acceptors (Lipinski definition) is 4. The number of carboxylic acid groups (broad SMARTS) is 1. The highest BCUT2D eigenvalue weighted by atomic mass is 32.2. The third kappa shape index (κ3) is 6.30. The number of carbonyl (C=O) groups excluding carboxylic acids is 1. The van der Waals surface area contributed by atoms with Crippen molar-refractivity contribution in [3.05, 3.63) is 29.8 Å². The maximum absolute atomic E-state index is 12.7. The molecule has 26 heavy (non-hydrogen) atoms. The Morgan fingerprint density at radius 3 is 2.19 bits per heavy atom. The number of benzene rings is 1. The molecule has 0 radical (unpaired) electrons. The number of carbonyl (C=O) groups is 2. The van der Waals surface area contributed by atoms with Crippen molar-refractivity contribution in [3.63, 3.8) is 0 Å². The van der Waals surface area contributed by atoms with Gasteiger partial charge in [-0.15, -0.1) is 0 Å². The Bertz CT molecular complexity index is 748. The van der Waals surface area contributed by atoms with Crippen LogP contribution in [-0.4, -0.2) is 55.0 Å². The van der Waals surface area contributed by atoms with Crippen LogP contribution in [0, 0.1) is 0 Å². The number of nitrogens with zero attached hydrogens (tertiary/aromatic N) is 1. The molecule has 1 aromatic carbocycles. The third-order valence-corrected chi connectivity index (χ3v) is 5.41. The van der Waals surface area contributed by atoms with Gasteiger partial charge in [-0.25, -0.2) is 8.42 Å². The molecule has 0 fully saturated rings. The molecule has 0 aromatic heterocycles. The average molecular weight is 396 g/mol. The zero-order valence-corrected chi connectivity index (χ0v) is 14.9. The van der Waals surface area contributed by atoms with E-state index in [1.54, 1.807) is 0 Å². The first-order valence-electron chi connectivity index (χ1n) is 7.49. The van der Waals surface area contributed by atoms with E-state index in [0.717, 1.165) is 31.2 Å². The lowest BCUT2D eigenvalue weighted by molar-refractivity contribution is -0.140. The molecule has 7 nitrogen and oxygen atoms in total. The monoisotopic (exact) mass is 396 g/mol. The van der Waals surface area contributed by atoms with Crippen molar-refractivity contribution in [3.8, 4) is 0 Å². The molecule has 0 bridgehead atoms. The smallest absolute Gasteiger partial charge is 0.393 e. The van der Waals surface area contributed by atoms with Crippen LogP contribution in [0.1, 0.15) is 19.4 Å². The van der Waals surface area contributed by atoms with Crippen LogP contribution in [0.2, 0.25) is 0 Å². The number of hydrogen-bond donors (Lipinski definition) is 2. The highest BCUT2D eigenvalue weighted by Gasteiger charge is 2.33. The summed E-state index contributed by atoms with van der Waals surface area (Å²) in [4.78, 5) is 21.8. The number of sulfonamides is 1. The van der Waals surface area contributed by atoms with E-state index < -0.39 is 40.5 Å². The zero-order chi connectivity index (χ0) is 20.1. The van der Waals surface area contributed by atoms with Crippen LogP contribution in [0.3, 0.4) is 0 Å².